The summed E-state index contributed by atoms with van der Waals surface area (Å²) in [5.41, 5.74) is 0.839. The Kier molecular flexibility index (Phi) is 5.23. The molecule has 1 aliphatic rings. The van der Waals surface area contributed by atoms with Crippen molar-refractivity contribution in [1.82, 2.24) is 4.90 Å². The highest BCUT2D eigenvalue weighted by molar-refractivity contribution is 5.45. The highest BCUT2D eigenvalue weighted by Gasteiger charge is 2.17. The van der Waals surface area contributed by atoms with E-state index >= 15 is 0 Å². The zero-order valence-electron chi connectivity index (χ0n) is 12.3. The molecule has 1 aliphatic heterocycles. The Labute approximate surface area is 120 Å². The molecule has 0 fully saturated rings. The van der Waals surface area contributed by atoms with Crippen molar-refractivity contribution in [3.8, 4) is 11.5 Å². The second-order valence-corrected chi connectivity index (χ2v) is 5.31. The van der Waals surface area contributed by atoms with Crippen LogP contribution in [0.1, 0.15) is 25.5 Å². The van der Waals surface area contributed by atoms with Gasteiger partial charge in [-0.3, -0.25) is 0 Å². The van der Waals surface area contributed by atoms with Gasteiger partial charge in [0.2, 0.25) is 6.79 Å². The lowest BCUT2D eigenvalue weighted by molar-refractivity contribution is 0.0518. The first kappa shape index (κ1) is 15.1. The van der Waals surface area contributed by atoms with Crippen LogP contribution in [0.5, 0.6) is 11.5 Å². The summed E-state index contributed by atoms with van der Waals surface area (Å²) in [6, 6.07) is 5.55. The lowest BCUT2D eigenvalue weighted by Crippen LogP contribution is -2.28. The molecule has 112 valence electrons. The molecule has 1 N–H and O–H groups in total. The standard InChI is InChI=1S/C15H23NO4/c1-11(2)18-7-6-16(3)9-13(17)12-4-5-14-15(8-12)20-10-19-14/h4-5,8,11,13,17H,6-7,9-10H2,1-3H3. The van der Waals surface area contributed by atoms with Crippen LogP contribution < -0.4 is 9.47 Å². The Bertz CT molecular complexity index is 436. The number of hydrogen-bond donors (Lipinski definition) is 1. The SMILES string of the molecule is CC(C)OCCN(C)CC(O)c1ccc2c(c1)OCO2. The van der Waals surface area contributed by atoms with E-state index in [1.807, 2.05) is 39.1 Å². The minimum absolute atomic E-state index is 0.238. The molecule has 20 heavy (non-hydrogen) atoms. The zero-order chi connectivity index (χ0) is 14.5. The molecule has 0 saturated heterocycles. The van der Waals surface area contributed by atoms with Crippen LogP contribution in [0.15, 0.2) is 18.2 Å². The van der Waals surface area contributed by atoms with Crippen LogP contribution in [-0.2, 0) is 4.74 Å². The Morgan fingerprint density at radius 1 is 1.30 bits per heavy atom. The first-order chi connectivity index (χ1) is 9.56. The van der Waals surface area contributed by atoms with E-state index in [1.165, 1.54) is 0 Å². The lowest BCUT2D eigenvalue weighted by Gasteiger charge is -2.21. The summed E-state index contributed by atoms with van der Waals surface area (Å²) in [6.45, 7) is 6.30. The molecule has 0 radical (unpaired) electrons. The highest BCUT2D eigenvalue weighted by atomic mass is 16.7. The van der Waals surface area contributed by atoms with Crippen molar-refractivity contribution in [3.05, 3.63) is 23.8 Å². The second-order valence-electron chi connectivity index (χ2n) is 5.31. The van der Waals surface area contributed by atoms with Crippen molar-refractivity contribution in [2.24, 2.45) is 0 Å². The Hall–Kier alpha value is -1.30. The number of likely N-dealkylation sites (N-methyl/N-ethyl adjacent to an activating group) is 1. The van der Waals surface area contributed by atoms with Gasteiger partial charge in [-0.05, 0) is 38.6 Å². The molecule has 5 heteroatoms. The molecule has 0 spiro atoms. The number of fused-ring (bicyclic) bond motifs is 1. The van der Waals surface area contributed by atoms with Crippen molar-refractivity contribution in [1.29, 1.82) is 0 Å². The maximum Gasteiger partial charge on any atom is 0.231 e. The number of aliphatic hydroxyl groups excluding tert-OH is 1. The van der Waals surface area contributed by atoms with E-state index in [0.29, 0.717) is 18.9 Å². The average molecular weight is 281 g/mol. The van der Waals surface area contributed by atoms with Crippen molar-refractivity contribution in [3.63, 3.8) is 0 Å². The van der Waals surface area contributed by atoms with Gasteiger partial charge in [0.1, 0.15) is 0 Å². The molecule has 0 amide bonds. The molecule has 1 aromatic carbocycles. The van der Waals surface area contributed by atoms with Crippen molar-refractivity contribution in [2.45, 2.75) is 26.1 Å². The molecule has 0 aromatic heterocycles. The number of nitrogens with zero attached hydrogens (tertiary/aromatic N) is 1. The molecule has 1 unspecified atom stereocenters. The van der Waals surface area contributed by atoms with Crippen molar-refractivity contribution >= 4 is 0 Å². The van der Waals surface area contributed by atoms with Gasteiger partial charge in [-0.1, -0.05) is 6.07 Å². The van der Waals surface area contributed by atoms with Crippen LogP contribution in [0.4, 0.5) is 0 Å². The van der Waals surface area contributed by atoms with Crippen LogP contribution in [0.2, 0.25) is 0 Å². The monoisotopic (exact) mass is 281 g/mol. The minimum atomic E-state index is -0.548. The Morgan fingerprint density at radius 2 is 2.05 bits per heavy atom. The summed E-state index contributed by atoms with van der Waals surface area (Å²) in [5, 5.41) is 10.3. The van der Waals surface area contributed by atoms with Gasteiger partial charge in [-0.15, -0.1) is 0 Å². The van der Waals surface area contributed by atoms with Crippen LogP contribution in [0.25, 0.3) is 0 Å². The van der Waals surface area contributed by atoms with Crippen molar-refractivity contribution < 1.29 is 19.3 Å². The average Bonchev–Trinajstić information content (AvgIpc) is 2.85. The van der Waals surface area contributed by atoms with Crippen LogP contribution in [0, 0.1) is 0 Å². The second kappa shape index (κ2) is 6.92. The van der Waals surface area contributed by atoms with E-state index in [-0.39, 0.29) is 12.9 Å². The van der Waals surface area contributed by atoms with Gasteiger partial charge < -0.3 is 24.2 Å². The van der Waals surface area contributed by atoms with Gasteiger partial charge >= 0.3 is 0 Å². The number of hydrogen-bond acceptors (Lipinski definition) is 5. The fourth-order valence-electron chi connectivity index (χ4n) is 2.06. The van der Waals surface area contributed by atoms with Crippen LogP contribution >= 0.6 is 0 Å². The number of rotatable bonds is 7. The van der Waals surface area contributed by atoms with E-state index in [1.54, 1.807) is 0 Å². The maximum atomic E-state index is 10.3. The molecule has 1 aromatic rings. The third-order valence-electron chi connectivity index (χ3n) is 3.19. The van der Waals surface area contributed by atoms with E-state index in [2.05, 4.69) is 4.90 Å². The maximum absolute atomic E-state index is 10.3. The predicted octanol–water partition coefficient (Wildman–Crippen LogP) is 1.81. The van der Waals surface area contributed by atoms with E-state index in [9.17, 15) is 5.11 Å². The Balaban J connectivity index is 1.83. The number of aliphatic hydroxyl groups is 1. The summed E-state index contributed by atoms with van der Waals surface area (Å²) < 4.78 is 16.1. The summed E-state index contributed by atoms with van der Waals surface area (Å²) in [6.07, 6.45) is -0.310. The molecule has 5 nitrogen and oxygen atoms in total. The fourth-order valence-corrected chi connectivity index (χ4v) is 2.06. The third-order valence-corrected chi connectivity index (χ3v) is 3.19. The quantitative estimate of drug-likeness (QED) is 0.826. The molecule has 0 bridgehead atoms. The minimum Gasteiger partial charge on any atom is -0.454 e. The molecule has 0 aliphatic carbocycles. The normalized spacial score (nSPS) is 15.1. The molecular weight excluding hydrogens is 258 g/mol. The van der Waals surface area contributed by atoms with Gasteiger partial charge in [0, 0.05) is 13.1 Å². The van der Waals surface area contributed by atoms with Gasteiger partial charge in [-0.25, -0.2) is 0 Å². The van der Waals surface area contributed by atoms with Crippen LogP contribution in [0.3, 0.4) is 0 Å². The van der Waals surface area contributed by atoms with Gasteiger partial charge in [0.05, 0.1) is 18.8 Å². The summed E-state index contributed by atoms with van der Waals surface area (Å²) in [5.74, 6) is 1.44. The largest absolute Gasteiger partial charge is 0.454 e. The predicted molar refractivity (Wildman–Crippen MR) is 76.1 cm³/mol. The molecule has 2 rings (SSSR count). The first-order valence-electron chi connectivity index (χ1n) is 6.94. The molecule has 1 atom stereocenters. The summed E-state index contributed by atoms with van der Waals surface area (Å²) in [4.78, 5) is 2.05. The first-order valence-corrected chi connectivity index (χ1v) is 6.94. The highest BCUT2D eigenvalue weighted by Crippen LogP contribution is 2.34. The van der Waals surface area contributed by atoms with E-state index < -0.39 is 6.10 Å². The summed E-state index contributed by atoms with van der Waals surface area (Å²) >= 11 is 0. The van der Waals surface area contributed by atoms with Gasteiger partial charge in [0.15, 0.2) is 11.5 Å². The molecule has 0 saturated carbocycles. The van der Waals surface area contributed by atoms with E-state index in [0.717, 1.165) is 17.9 Å². The molecule has 1 heterocycles. The smallest absolute Gasteiger partial charge is 0.231 e. The lowest BCUT2D eigenvalue weighted by atomic mass is 10.1. The zero-order valence-corrected chi connectivity index (χ0v) is 12.3. The third kappa shape index (κ3) is 4.10. The summed E-state index contributed by atoms with van der Waals surface area (Å²) in [7, 11) is 1.97. The van der Waals surface area contributed by atoms with Gasteiger partial charge in [-0.2, -0.15) is 0 Å². The van der Waals surface area contributed by atoms with Crippen LogP contribution in [-0.4, -0.2) is 49.6 Å². The van der Waals surface area contributed by atoms with Gasteiger partial charge in [0.25, 0.3) is 0 Å². The number of benzene rings is 1. The molecular formula is C15H23NO4. The van der Waals surface area contributed by atoms with Crippen molar-refractivity contribution in [2.75, 3.05) is 33.5 Å². The fraction of sp³-hybridized carbons (Fsp3) is 0.600. The van der Waals surface area contributed by atoms with E-state index in [4.69, 9.17) is 14.2 Å². The Morgan fingerprint density at radius 3 is 2.80 bits per heavy atom. The number of ether oxygens (including phenoxy) is 3. The topological polar surface area (TPSA) is 51.2 Å².